The quantitative estimate of drug-likeness (QED) is 0.105. The highest BCUT2D eigenvalue weighted by Gasteiger charge is 2.72. The molecule has 3 aromatic carbocycles. The van der Waals surface area contributed by atoms with Crippen LogP contribution in [0.1, 0.15) is 119 Å². The Kier molecular flexibility index (Phi) is 12.5. The molecule has 10 rings (SSSR count). The van der Waals surface area contributed by atoms with Gasteiger partial charge >= 0.3 is 11.7 Å². The Balaban J connectivity index is 0.796. The maximum Gasteiger partial charge on any atom is 0.329 e. The highest BCUT2D eigenvalue weighted by atomic mass is 35.5. The Morgan fingerprint density at radius 2 is 1.63 bits per heavy atom. The molecular weight excluding hydrogens is 941 g/mol. The van der Waals surface area contributed by atoms with Crippen LogP contribution in [0, 0.1) is 29.0 Å². The second kappa shape index (κ2) is 18.3. The third-order valence-electron chi connectivity index (χ3n) is 16.5. The SMILES string of the molecule is Cn1c(=O)n(C2CCC(=O)NC2=O)c2ccc(C#CCC3(C(=O)O)CCN(C(=O)C4CCC(NC(=O)[C@@H]5NC6(CCCCC6)[C@@]6(C(=O)Nc7cc(Cl)ccc76)[C@H]5c5cccc(Cl)c5F)CC4)CC3)cc21. The summed E-state index contributed by atoms with van der Waals surface area (Å²) in [4.78, 5) is 95.6. The normalized spacial score (nSPS) is 26.9. The number of nitrogens with zero attached hydrogens (tertiary/aromatic N) is 3. The van der Waals surface area contributed by atoms with E-state index in [0.717, 1.165) is 19.3 Å². The van der Waals surface area contributed by atoms with E-state index in [-0.39, 0.29) is 91.4 Å². The van der Waals surface area contributed by atoms with Gasteiger partial charge in [0.05, 0.1) is 27.5 Å². The lowest BCUT2D eigenvalue weighted by molar-refractivity contribution is -0.155. The summed E-state index contributed by atoms with van der Waals surface area (Å²) in [7, 11) is 1.59. The number of imidazole rings is 1. The number of benzene rings is 3. The zero-order valence-electron chi connectivity index (χ0n) is 38.7. The van der Waals surface area contributed by atoms with Crippen molar-refractivity contribution in [3.05, 3.63) is 97.6 Å². The first-order valence-electron chi connectivity index (χ1n) is 24.3. The van der Waals surface area contributed by atoms with Gasteiger partial charge in [-0.1, -0.05) is 72.5 Å². The van der Waals surface area contributed by atoms with Crippen molar-refractivity contribution in [2.75, 3.05) is 18.4 Å². The first-order valence-corrected chi connectivity index (χ1v) is 25.0. The monoisotopic (exact) mass is 993 g/mol. The number of piperidine rings is 2. The number of aromatic nitrogens is 2. The molecule has 2 aliphatic carbocycles. The minimum absolute atomic E-state index is 0.0424. The maximum absolute atomic E-state index is 16.4. The molecular formula is C52H54Cl2FN7O8. The van der Waals surface area contributed by atoms with Crippen molar-refractivity contribution in [1.82, 2.24) is 30.0 Å². The molecule has 70 heavy (non-hydrogen) atoms. The molecule has 2 saturated carbocycles. The fourth-order valence-electron chi connectivity index (χ4n) is 12.9. The van der Waals surface area contributed by atoms with Crippen molar-refractivity contribution in [3.63, 3.8) is 0 Å². The molecule has 366 valence electrons. The summed E-state index contributed by atoms with van der Waals surface area (Å²) < 4.78 is 19.2. The van der Waals surface area contributed by atoms with Gasteiger partial charge in [0.15, 0.2) is 0 Å². The zero-order chi connectivity index (χ0) is 49.3. The van der Waals surface area contributed by atoms with Crippen LogP contribution in [0.4, 0.5) is 10.1 Å². The Bertz CT molecular complexity index is 2990. The average molecular weight is 995 g/mol. The number of aliphatic carboxylic acids is 1. The molecule has 0 bridgehead atoms. The van der Waals surface area contributed by atoms with Crippen LogP contribution in [-0.2, 0) is 41.2 Å². The van der Waals surface area contributed by atoms with E-state index in [1.165, 1.54) is 15.2 Å². The number of carbonyl (C=O) groups excluding carboxylic acids is 5. The molecule has 3 saturated heterocycles. The van der Waals surface area contributed by atoms with Crippen LogP contribution in [0.3, 0.4) is 0 Å². The first-order chi connectivity index (χ1) is 33.6. The Hall–Kier alpha value is -6.02. The van der Waals surface area contributed by atoms with Gasteiger partial charge in [-0.25, -0.2) is 9.18 Å². The van der Waals surface area contributed by atoms with Crippen LogP contribution in [-0.4, -0.2) is 85.4 Å². The molecule has 4 atom stereocenters. The molecule has 0 radical (unpaired) electrons. The van der Waals surface area contributed by atoms with Crippen LogP contribution in [0.5, 0.6) is 0 Å². The van der Waals surface area contributed by atoms with Gasteiger partial charge in [0.1, 0.15) is 17.3 Å². The fraction of sp³-hybridized carbons (Fsp3) is 0.481. The molecule has 5 fully saturated rings. The number of imide groups is 1. The minimum Gasteiger partial charge on any atom is -0.481 e. The molecule has 1 aromatic heterocycles. The summed E-state index contributed by atoms with van der Waals surface area (Å²) in [6, 6.07) is 13.0. The standard InChI is InChI=1S/C52H54Cl2FN7O8/c1-60-39-27-29(10-17-37(39)62(49(60)70)38-18-19-40(63)58-44(38)64)7-6-20-50(48(68)69)23-25-61(26-24-50)46(66)30-11-14-32(15-12-30)56-45(65)43-41(33-8-5-9-35(54)42(33)55)52(51(59-43)21-3-2-4-22-51)34-16-13-31(53)28-36(34)57-47(52)67/h5,8-10,13,16-17,27-28,30,32,38,41,43,59H,2-4,11-12,14-15,18-26H2,1H3,(H,56,65)(H,57,67)(H,68,69)(H,58,63,64)/t30?,32?,38?,41-,43+,52+/m0/s1. The highest BCUT2D eigenvalue weighted by Crippen LogP contribution is 2.63. The smallest absolute Gasteiger partial charge is 0.329 e. The number of amides is 5. The van der Waals surface area contributed by atoms with Crippen molar-refractivity contribution < 1.29 is 38.3 Å². The van der Waals surface area contributed by atoms with Gasteiger partial charge in [-0.05, 0) is 105 Å². The number of halogens is 3. The van der Waals surface area contributed by atoms with E-state index in [1.54, 1.807) is 54.4 Å². The van der Waals surface area contributed by atoms with Crippen LogP contribution >= 0.6 is 23.2 Å². The second-order valence-corrected chi connectivity index (χ2v) is 21.0. The largest absolute Gasteiger partial charge is 0.481 e. The number of carboxylic acids is 1. The van der Waals surface area contributed by atoms with Gasteiger partial charge in [0.25, 0.3) is 0 Å². The molecule has 2 spiro atoms. The van der Waals surface area contributed by atoms with Crippen molar-refractivity contribution in [2.24, 2.45) is 18.4 Å². The predicted octanol–water partition coefficient (Wildman–Crippen LogP) is 6.22. The molecule has 18 heteroatoms. The Morgan fingerprint density at radius 1 is 0.886 bits per heavy atom. The number of carboxylic acid groups (broad SMARTS) is 1. The Labute approximate surface area is 413 Å². The van der Waals surface area contributed by atoms with Crippen molar-refractivity contribution in [2.45, 2.75) is 125 Å². The Morgan fingerprint density at radius 3 is 2.34 bits per heavy atom. The van der Waals surface area contributed by atoms with E-state index in [1.807, 2.05) is 6.07 Å². The zero-order valence-corrected chi connectivity index (χ0v) is 40.2. The second-order valence-electron chi connectivity index (χ2n) is 20.2. The molecule has 4 aliphatic heterocycles. The van der Waals surface area contributed by atoms with E-state index in [2.05, 4.69) is 33.1 Å². The number of anilines is 1. The van der Waals surface area contributed by atoms with Crippen LogP contribution < -0.4 is 27.0 Å². The number of aryl methyl sites for hydroxylation is 1. The van der Waals surface area contributed by atoms with E-state index >= 15 is 4.39 Å². The van der Waals surface area contributed by atoms with Gasteiger partial charge in [-0.3, -0.25) is 48.5 Å². The number of likely N-dealkylation sites (tertiary alicyclic amines) is 1. The lowest BCUT2D eigenvalue weighted by Crippen LogP contribution is -2.60. The first kappa shape index (κ1) is 47.6. The summed E-state index contributed by atoms with van der Waals surface area (Å²) in [5, 5.41) is 23.1. The molecule has 5 N–H and O–H groups in total. The van der Waals surface area contributed by atoms with Crippen molar-refractivity contribution >= 4 is 75.4 Å². The third kappa shape index (κ3) is 7.79. The number of rotatable bonds is 7. The summed E-state index contributed by atoms with van der Waals surface area (Å²) in [6.45, 7) is 0.513. The summed E-state index contributed by atoms with van der Waals surface area (Å²) >= 11 is 12.8. The predicted molar refractivity (Wildman–Crippen MR) is 259 cm³/mol. The van der Waals surface area contributed by atoms with E-state index in [9.17, 15) is 38.7 Å². The number of fused-ring (bicyclic) bond motifs is 4. The molecule has 5 amide bonds. The van der Waals surface area contributed by atoms with Gasteiger partial charge in [-0.2, -0.15) is 0 Å². The lowest BCUT2D eigenvalue weighted by atomic mass is 9.55. The van der Waals surface area contributed by atoms with E-state index in [0.29, 0.717) is 71.4 Å². The molecule has 5 heterocycles. The minimum atomic E-state index is -1.35. The fourth-order valence-corrected chi connectivity index (χ4v) is 13.2. The highest BCUT2D eigenvalue weighted by molar-refractivity contribution is 6.31. The van der Waals surface area contributed by atoms with Gasteiger partial charge < -0.3 is 20.6 Å². The summed E-state index contributed by atoms with van der Waals surface area (Å²) in [5.74, 6) is 1.59. The van der Waals surface area contributed by atoms with Crippen LogP contribution in [0.2, 0.25) is 10.0 Å². The van der Waals surface area contributed by atoms with Crippen LogP contribution in [0.25, 0.3) is 11.0 Å². The summed E-state index contributed by atoms with van der Waals surface area (Å²) in [5.41, 5.74) is -0.763. The van der Waals surface area contributed by atoms with Crippen molar-refractivity contribution in [1.29, 1.82) is 0 Å². The molecule has 1 unspecified atom stereocenters. The molecule has 4 aromatic rings. The number of hydrogen-bond acceptors (Lipinski definition) is 8. The van der Waals surface area contributed by atoms with E-state index in [4.69, 9.17) is 23.2 Å². The van der Waals surface area contributed by atoms with E-state index < -0.39 is 57.8 Å². The maximum atomic E-state index is 16.4. The average Bonchev–Trinajstić information content (AvgIpc) is 3.90. The number of carbonyl (C=O) groups is 6. The number of nitrogens with one attached hydrogen (secondary N) is 4. The van der Waals surface area contributed by atoms with Crippen LogP contribution in [0.15, 0.2) is 59.4 Å². The molecule has 15 nitrogen and oxygen atoms in total. The van der Waals surface area contributed by atoms with Gasteiger partial charge in [0, 0.05) is 72.7 Å². The number of hydrogen-bond donors (Lipinski definition) is 5. The van der Waals surface area contributed by atoms with Gasteiger partial charge in [0.2, 0.25) is 29.5 Å². The molecule has 6 aliphatic rings. The topological polar surface area (TPSA) is 201 Å². The third-order valence-corrected chi connectivity index (χ3v) is 17.0. The van der Waals surface area contributed by atoms with Crippen molar-refractivity contribution in [3.8, 4) is 11.8 Å². The van der Waals surface area contributed by atoms with Gasteiger partial charge in [-0.15, -0.1) is 0 Å². The lowest BCUT2D eigenvalue weighted by Gasteiger charge is -2.47. The summed E-state index contributed by atoms with van der Waals surface area (Å²) in [6.07, 6.45) is 6.70.